The number of pyridine rings is 1. The molecule has 0 bridgehead atoms. The summed E-state index contributed by atoms with van der Waals surface area (Å²) in [6, 6.07) is 6.34. The lowest BCUT2D eigenvalue weighted by Gasteiger charge is -2.16. The maximum Gasteiger partial charge on any atom is 0.106 e. The van der Waals surface area contributed by atoms with E-state index >= 15 is 0 Å². The first kappa shape index (κ1) is 13.1. The Morgan fingerprint density at radius 2 is 2.06 bits per heavy atom. The number of hydrogen-bond donors (Lipinski definition) is 1. The van der Waals surface area contributed by atoms with Gasteiger partial charge in [-0.2, -0.15) is 0 Å². The van der Waals surface area contributed by atoms with Gasteiger partial charge in [0.05, 0.1) is 17.4 Å². The first-order valence-electron chi connectivity index (χ1n) is 5.20. The highest BCUT2D eigenvalue weighted by atomic mass is 79.9. The highest BCUT2D eigenvalue weighted by Gasteiger charge is 2.11. The molecule has 2 nitrogen and oxygen atoms in total. The molecule has 2 aromatic heterocycles. The van der Waals surface area contributed by atoms with Gasteiger partial charge in [0.1, 0.15) is 4.60 Å². The summed E-state index contributed by atoms with van der Waals surface area (Å²) in [7, 11) is 0. The van der Waals surface area contributed by atoms with E-state index in [9.17, 15) is 0 Å². The van der Waals surface area contributed by atoms with E-state index in [4.69, 9.17) is 0 Å². The van der Waals surface area contributed by atoms with Crippen molar-refractivity contribution >= 4 is 48.9 Å². The van der Waals surface area contributed by atoms with Crippen molar-refractivity contribution in [3.63, 3.8) is 0 Å². The third-order valence-electron chi connectivity index (χ3n) is 2.46. The summed E-state index contributed by atoms with van der Waals surface area (Å²) in [5.74, 6) is 0. The molecule has 17 heavy (non-hydrogen) atoms. The van der Waals surface area contributed by atoms with Crippen molar-refractivity contribution in [2.75, 3.05) is 5.32 Å². The number of halogens is 2. The highest BCUT2D eigenvalue weighted by molar-refractivity contribution is 9.10. The molecule has 0 aliphatic heterocycles. The van der Waals surface area contributed by atoms with Crippen LogP contribution in [0.1, 0.15) is 23.5 Å². The van der Waals surface area contributed by atoms with Crippen LogP contribution >= 0.6 is 43.2 Å². The second-order valence-electron chi connectivity index (χ2n) is 3.77. The van der Waals surface area contributed by atoms with Crippen LogP contribution in [0.5, 0.6) is 0 Å². The van der Waals surface area contributed by atoms with E-state index in [1.807, 2.05) is 19.1 Å². The van der Waals surface area contributed by atoms with Gasteiger partial charge in [-0.25, -0.2) is 4.98 Å². The summed E-state index contributed by atoms with van der Waals surface area (Å²) < 4.78 is 2.02. The van der Waals surface area contributed by atoms with Crippen LogP contribution in [-0.4, -0.2) is 4.98 Å². The van der Waals surface area contributed by atoms with Crippen LogP contribution in [0, 0.1) is 6.92 Å². The Kier molecular flexibility index (Phi) is 4.22. The second kappa shape index (κ2) is 5.50. The minimum absolute atomic E-state index is 0.269. The predicted molar refractivity (Wildman–Crippen MR) is 80.7 cm³/mol. The molecule has 2 aromatic rings. The van der Waals surface area contributed by atoms with Crippen molar-refractivity contribution in [1.29, 1.82) is 0 Å². The van der Waals surface area contributed by atoms with Gasteiger partial charge >= 0.3 is 0 Å². The molecule has 0 spiro atoms. The van der Waals surface area contributed by atoms with E-state index in [1.165, 1.54) is 4.88 Å². The van der Waals surface area contributed by atoms with Crippen molar-refractivity contribution < 1.29 is 0 Å². The van der Waals surface area contributed by atoms with E-state index in [2.05, 4.69) is 60.5 Å². The fourth-order valence-corrected chi connectivity index (χ4v) is 3.72. The smallest absolute Gasteiger partial charge is 0.106 e. The van der Waals surface area contributed by atoms with E-state index in [1.54, 1.807) is 11.3 Å². The standard InChI is InChI=1S/C12H12Br2N2S/c1-7-10(3-4-11(14)16-7)15-8(2)12-9(13)5-6-17-12/h3-6,8,15H,1-2H3. The largest absolute Gasteiger partial charge is 0.376 e. The molecule has 2 rings (SSSR count). The van der Waals surface area contributed by atoms with Crippen LogP contribution in [0.2, 0.25) is 0 Å². The fraction of sp³-hybridized carbons (Fsp3) is 0.250. The van der Waals surface area contributed by atoms with E-state index < -0.39 is 0 Å². The van der Waals surface area contributed by atoms with Gasteiger partial charge in [0.25, 0.3) is 0 Å². The Balaban J connectivity index is 2.19. The van der Waals surface area contributed by atoms with Gasteiger partial charge in [0.2, 0.25) is 0 Å². The molecule has 0 aliphatic rings. The fourth-order valence-electron chi connectivity index (χ4n) is 1.60. The van der Waals surface area contributed by atoms with Gasteiger partial charge in [-0.05, 0) is 69.3 Å². The van der Waals surface area contributed by atoms with Crippen molar-refractivity contribution in [1.82, 2.24) is 4.98 Å². The monoisotopic (exact) mass is 374 g/mol. The molecule has 0 aromatic carbocycles. The average Bonchev–Trinajstić information content (AvgIpc) is 2.68. The quantitative estimate of drug-likeness (QED) is 0.750. The molecule has 2 heterocycles. The maximum atomic E-state index is 4.38. The maximum absolute atomic E-state index is 4.38. The highest BCUT2D eigenvalue weighted by Crippen LogP contribution is 2.31. The molecule has 1 atom stereocenters. The van der Waals surface area contributed by atoms with E-state index in [0.29, 0.717) is 0 Å². The van der Waals surface area contributed by atoms with Gasteiger partial charge in [0.15, 0.2) is 0 Å². The van der Waals surface area contributed by atoms with Gasteiger partial charge in [-0.15, -0.1) is 11.3 Å². The van der Waals surface area contributed by atoms with Crippen molar-refractivity contribution in [2.24, 2.45) is 0 Å². The Bertz CT molecular complexity index is 525. The topological polar surface area (TPSA) is 24.9 Å². The van der Waals surface area contributed by atoms with Gasteiger partial charge < -0.3 is 5.32 Å². The van der Waals surface area contributed by atoms with E-state index in [-0.39, 0.29) is 6.04 Å². The van der Waals surface area contributed by atoms with Crippen LogP contribution in [0.4, 0.5) is 5.69 Å². The molecule has 0 aliphatic carbocycles. The molecule has 1 unspecified atom stereocenters. The lowest BCUT2D eigenvalue weighted by Crippen LogP contribution is -2.07. The molecule has 90 valence electrons. The third kappa shape index (κ3) is 3.09. The lowest BCUT2D eigenvalue weighted by atomic mass is 10.2. The van der Waals surface area contributed by atoms with Crippen molar-refractivity contribution in [3.05, 3.63) is 43.2 Å². The Hall–Kier alpha value is -0.390. The number of anilines is 1. The lowest BCUT2D eigenvalue weighted by molar-refractivity contribution is 0.896. The van der Waals surface area contributed by atoms with Crippen LogP contribution in [-0.2, 0) is 0 Å². The van der Waals surface area contributed by atoms with Gasteiger partial charge in [-0.3, -0.25) is 0 Å². The number of hydrogen-bond acceptors (Lipinski definition) is 3. The molecule has 0 saturated heterocycles. The molecule has 5 heteroatoms. The summed E-state index contributed by atoms with van der Waals surface area (Å²) in [6.07, 6.45) is 0. The molecule has 0 amide bonds. The number of nitrogens with one attached hydrogen (secondary N) is 1. The Labute approximate surface area is 122 Å². The number of nitrogens with zero attached hydrogens (tertiary/aromatic N) is 1. The molecule has 0 fully saturated rings. The summed E-state index contributed by atoms with van der Waals surface area (Å²) >= 11 is 8.67. The first-order valence-corrected chi connectivity index (χ1v) is 7.67. The third-order valence-corrected chi connectivity index (χ3v) is 4.96. The number of aromatic nitrogens is 1. The Morgan fingerprint density at radius 1 is 1.29 bits per heavy atom. The zero-order valence-corrected chi connectivity index (χ0v) is 13.5. The first-order chi connectivity index (χ1) is 8.08. The average molecular weight is 376 g/mol. The Morgan fingerprint density at radius 3 is 2.65 bits per heavy atom. The van der Waals surface area contributed by atoms with Crippen LogP contribution in [0.3, 0.4) is 0 Å². The molecule has 1 N–H and O–H groups in total. The SMILES string of the molecule is Cc1nc(Br)ccc1NC(C)c1sccc1Br. The summed E-state index contributed by atoms with van der Waals surface area (Å²) in [6.45, 7) is 4.15. The summed E-state index contributed by atoms with van der Waals surface area (Å²) in [4.78, 5) is 5.67. The summed E-state index contributed by atoms with van der Waals surface area (Å²) in [5.41, 5.74) is 2.07. The van der Waals surface area contributed by atoms with Crippen molar-refractivity contribution in [2.45, 2.75) is 19.9 Å². The van der Waals surface area contributed by atoms with Crippen LogP contribution in [0.25, 0.3) is 0 Å². The minimum atomic E-state index is 0.269. The normalized spacial score (nSPS) is 12.5. The number of aryl methyl sites for hydroxylation is 1. The zero-order valence-electron chi connectivity index (χ0n) is 9.50. The second-order valence-corrected chi connectivity index (χ2v) is 6.38. The molecule has 0 radical (unpaired) electrons. The summed E-state index contributed by atoms with van der Waals surface area (Å²) in [5, 5.41) is 5.57. The van der Waals surface area contributed by atoms with E-state index in [0.717, 1.165) is 20.5 Å². The predicted octanol–water partition coefficient (Wildman–Crippen LogP) is 5.15. The molecular weight excluding hydrogens is 364 g/mol. The molecule has 0 saturated carbocycles. The number of thiophene rings is 1. The number of rotatable bonds is 3. The van der Waals surface area contributed by atoms with Crippen LogP contribution in [0.15, 0.2) is 32.7 Å². The van der Waals surface area contributed by atoms with Crippen LogP contribution < -0.4 is 5.32 Å². The minimum Gasteiger partial charge on any atom is -0.376 e. The molecular formula is C12H12Br2N2S. The van der Waals surface area contributed by atoms with Crippen molar-refractivity contribution in [3.8, 4) is 0 Å². The van der Waals surface area contributed by atoms with Gasteiger partial charge in [0, 0.05) is 9.35 Å². The van der Waals surface area contributed by atoms with Gasteiger partial charge in [-0.1, -0.05) is 0 Å². The zero-order chi connectivity index (χ0) is 12.4.